The van der Waals surface area contributed by atoms with Crippen molar-refractivity contribution in [1.82, 2.24) is 19.4 Å². The lowest BCUT2D eigenvalue weighted by molar-refractivity contribution is 0.465. The van der Waals surface area contributed by atoms with Gasteiger partial charge in [0, 0.05) is 24.8 Å². The highest BCUT2D eigenvalue weighted by molar-refractivity contribution is 5.63. The molecule has 8 nitrogen and oxygen atoms in total. The Morgan fingerprint density at radius 1 is 1.05 bits per heavy atom. The van der Waals surface area contributed by atoms with Crippen LogP contribution in [0.15, 0.2) is 82.6 Å². The van der Waals surface area contributed by atoms with Gasteiger partial charge in [0.2, 0.25) is 11.6 Å². The Balaban J connectivity index is 1.40. The van der Waals surface area contributed by atoms with Crippen molar-refractivity contribution in [2.45, 2.75) is 37.9 Å². The number of pyridine rings is 1. The van der Waals surface area contributed by atoms with Crippen molar-refractivity contribution in [3.63, 3.8) is 0 Å². The van der Waals surface area contributed by atoms with Gasteiger partial charge in [-0.2, -0.15) is 4.39 Å². The fraction of sp³-hybridized carbons (Fsp3) is 0.241. The molecule has 0 radical (unpaired) electrons. The summed E-state index contributed by atoms with van der Waals surface area (Å²) in [7, 11) is 1.72. The molecule has 6 rings (SSSR count). The normalized spacial score (nSPS) is 18.4. The lowest BCUT2D eigenvalue weighted by Gasteiger charge is -2.17. The maximum absolute atomic E-state index is 13.6. The van der Waals surface area contributed by atoms with Gasteiger partial charge in [0.25, 0.3) is 5.56 Å². The van der Waals surface area contributed by atoms with Crippen LogP contribution in [0, 0.1) is 11.4 Å². The first-order chi connectivity index (χ1) is 18.5. The zero-order valence-electron chi connectivity index (χ0n) is 21.0. The highest BCUT2D eigenvalue weighted by atomic mass is 19.1. The van der Waals surface area contributed by atoms with E-state index in [0.29, 0.717) is 23.7 Å². The molecular weight excluding hydrogens is 481 g/mol. The first-order valence-corrected chi connectivity index (χ1v) is 12.8. The molecule has 1 fully saturated rings. The third-order valence-electron chi connectivity index (χ3n) is 7.30. The molecule has 0 bridgehead atoms. The van der Waals surface area contributed by atoms with E-state index >= 15 is 0 Å². The molecule has 1 aliphatic heterocycles. The molecule has 9 heteroatoms. The van der Waals surface area contributed by atoms with Crippen molar-refractivity contribution < 1.29 is 4.39 Å². The van der Waals surface area contributed by atoms with Crippen LogP contribution in [0.5, 0.6) is 0 Å². The summed E-state index contributed by atoms with van der Waals surface area (Å²) in [6, 6.07) is 22.2. The molecule has 2 aromatic heterocycles. The van der Waals surface area contributed by atoms with E-state index in [1.165, 1.54) is 6.07 Å². The molecule has 2 aromatic carbocycles. The third kappa shape index (κ3) is 4.30. The summed E-state index contributed by atoms with van der Waals surface area (Å²) >= 11 is 0. The smallest absolute Gasteiger partial charge is 0.267 e. The molecule has 38 heavy (non-hydrogen) atoms. The van der Waals surface area contributed by atoms with Gasteiger partial charge in [0.05, 0.1) is 17.8 Å². The lowest BCUT2D eigenvalue weighted by Crippen LogP contribution is -2.59. The quantitative estimate of drug-likeness (QED) is 0.348. The summed E-state index contributed by atoms with van der Waals surface area (Å²) in [6.07, 6.45) is 3.01. The van der Waals surface area contributed by atoms with Crippen LogP contribution in [0.4, 0.5) is 10.1 Å². The molecule has 1 saturated carbocycles. The molecule has 3 N–H and O–H groups in total. The number of hydrogen-bond acceptors (Lipinski definition) is 6. The van der Waals surface area contributed by atoms with Gasteiger partial charge in [-0.05, 0) is 49.1 Å². The molecule has 2 aliphatic rings. The largest absolute Gasteiger partial charge is 0.367 e. The van der Waals surface area contributed by atoms with Gasteiger partial charge in [-0.25, -0.2) is 9.98 Å². The first-order valence-electron chi connectivity index (χ1n) is 12.8. The molecule has 2 unspecified atom stereocenters. The summed E-state index contributed by atoms with van der Waals surface area (Å²) in [5.74, 6) is -0.0504. The number of para-hydroxylation sites is 1. The van der Waals surface area contributed by atoms with E-state index in [2.05, 4.69) is 15.6 Å². The minimum atomic E-state index is -0.517. The maximum Gasteiger partial charge on any atom is 0.267 e. The van der Waals surface area contributed by atoms with Crippen LogP contribution in [0.2, 0.25) is 0 Å². The van der Waals surface area contributed by atoms with Crippen LogP contribution < -0.4 is 32.5 Å². The van der Waals surface area contributed by atoms with E-state index in [4.69, 9.17) is 10.4 Å². The molecule has 0 spiro atoms. The van der Waals surface area contributed by atoms with Crippen LogP contribution in [-0.4, -0.2) is 20.2 Å². The van der Waals surface area contributed by atoms with Gasteiger partial charge in [-0.15, -0.1) is 0 Å². The van der Waals surface area contributed by atoms with Gasteiger partial charge in [0.1, 0.15) is 16.5 Å². The second-order valence-corrected chi connectivity index (χ2v) is 9.71. The monoisotopic (exact) mass is 509 g/mol. The molecule has 2 atom stereocenters. The molecule has 0 saturated heterocycles. The van der Waals surface area contributed by atoms with Crippen molar-refractivity contribution >= 4 is 11.5 Å². The van der Waals surface area contributed by atoms with E-state index in [-0.39, 0.29) is 28.3 Å². The minimum absolute atomic E-state index is 0.116. The zero-order chi connectivity index (χ0) is 26.2. The van der Waals surface area contributed by atoms with Crippen molar-refractivity contribution in [2.24, 2.45) is 12.0 Å². The Morgan fingerprint density at radius 3 is 2.61 bits per heavy atom. The van der Waals surface area contributed by atoms with Crippen molar-refractivity contribution in [1.29, 1.82) is 5.41 Å². The number of aromatic nitrogens is 3. The summed E-state index contributed by atoms with van der Waals surface area (Å²) < 4.78 is 17.0. The standard InChI is InChI=1S/C29H28FN7O/c1-36-28(38)25(26(31)37-23-11-5-10-22(23)35-29(36)37)27(33-20-7-3-2-4-8-20)32-17-18-13-15-19(16-14-18)21-9-6-12-24(30)34-21/h2-4,6-9,12-16,22-23,31-33H,5,10-11,17H2,1H3. The van der Waals surface area contributed by atoms with Crippen LogP contribution in [-0.2, 0) is 13.6 Å². The fourth-order valence-electron chi connectivity index (χ4n) is 5.36. The van der Waals surface area contributed by atoms with E-state index in [1.54, 1.807) is 23.7 Å². The number of anilines is 1. The number of rotatable bonds is 6. The van der Waals surface area contributed by atoms with Crippen LogP contribution in [0.25, 0.3) is 17.1 Å². The minimum Gasteiger partial charge on any atom is -0.367 e. The Morgan fingerprint density at radius 2 is 1.84 bits per heavy atom. The average molecular weight is 510 g/mol. The second kappa shape index (κ2) is 9.74. The van der Waals surface area contributed by atoms with Gasteiger partial charge in [0.15, 0.2) is 0 Å². The van der Waals surface area contributed by atoms with Crippen LogP contribution in [0.1, 0.15) is 30.9 Å². The third-order valence-corrected chi connectivity index (χ3v) is 7.30. The Hall–Kier alpha value is -4.53. The summed E-state index contributed by atoms with van der Waals surface area (Å²) in [4.78, 5) is 22.3. The predicted molar refractivity (Wildman–Crippen MR) is 143 cm³/mol. The molecule has 0 amide bonds. The van der Waals surface area contributed by atoms with E-state index in [1.807, 2.05) is 59.2 Å². The molecule has 4 aromatic rings. The summed E-state index contributed by atoms with van der Waals surface area (Å²) in [6.45, 7) is 0.410. The van der Waals surface area contributed by atoms with Crippen molar-refractivity contribution in [3.05, 3.63) is 111 Å². The van der Waals surface area contributed by atoms with E-state index in [0.717, 1.165) is 36.1 Å². The van der Waals surface area contributed by atoms with Gasteiger partial charge < -0.3 is 10.6 Å². The maximum atomic E-state index is 13.6. The van der Waals surface area contributed by atoms with E-state index in [9.17, 15) is 9.18 Å². The highest BCUT2D eigenvalue weighted by Crippen LogP contribution is 2.32. The van der Waals surface area contributed by atoms with Crippen molar-refractivity contribution in [2.75, 3.05) is 5.32 Å². The molecule has 1 aliphatic carbocycles. The lowest BCUT2D eigenvalue weighted by atomic mass is 10.1. The molecule has 192 valence electrons. The molecule has 3 heterocycles. The summed E-state index contributed by atoms with van der Waals surface area (Å²) in [5.41, 5.74) is 3.60. The number of benzene rings is 2. The van der Waals surface area contributed by atoms with Crippen molar-refractivity contribution in [3.8, 4) is 11.3 Å². The molecular formula is C29H28FN7O. The second-order valence-electron chi connectivity index (χ2n) is 9.71. The predicted octanol–water partition coefficient (Wildman–Crippen LogP) is 2.56. The Bertz CT molecular complexity index is 1740. The number of nitrogens with zero attached hydrogens (tertiary/aromatic N) is 4. The van der Waals surface area contributed by atoms with Gasteiger partial charge in [-0.1, -0.05) is 48.5 Å². The average Bonchev–Trinajstić information content (AvgIpc) is 3.53. The highest BCUT2D eigenvalue weighted by Gasteiger charge is 2.34. The number of fused-ring (bicyclic) bond motifs is 3. The number of nitrogens with one attached hydrogen (secondary N) is 3. The fourth-order valence-corrected chi connectivity index (χ4v) is 5.36. The van der Waals surface area contributed by atoms with Gasteiger partial charge >= 0.3 is 0 Å². The topological polar surface area (TPSA) is 100 Å². The van der Waals surface area contributed by atoms with E-state index < -0.39 is 5.95 Å². The van der Waals surface area contributed by atoms with Crippen LogP contribution in [0.3, 0.4) is 0 Å². The SMILES string of the molecule is Cn1c(=O)c(=C(NCc2ccc(-c3cccc(F)n3)cc2)Nc2ccccc2)c(=N)n2c1=NC1CCCC12. The van der Waals surface area contributed by atoms with Crippen LogP contribution >= 0.6 is 0 Å². The Labute approximate surface area is 218 Å². The number of hydrogen-bond donors (Lipinski definition) is 3. The number of halogens is 1. The first kappa shape index (κ1) is 23.8. The Kier molecular flexibility index (Phi) is 6.11. The van der Waals surface area contributed by atoms with Gasteiger partial charge in [-0.3, -0.25) is 19.3 Å². The summed E-state index contributed by atoms with van der Waals surface area (Å²) in [5, 5.41) is 16.1. The zero-order valence-corrected chi connectivity index (χ0v) is 21.0.